The highest BCUT2D eigenvalue weighted by atomic mass is 79.9. The van der Waals surface area contributed by atoms with Crippen molar-refractivity contribution in [3.8, 4) is 54.8 Å². The Morgan fingerprint density at radius 2 is 1.15 bits per heavy atom. The molecule has 3 heterocycles. The lowest BCUT2D eigenvalue weighted by Crippen LogP contribution is -2.02. The number of thiazole rings is 2. The van der Waals surface area contributed by atoms with Gasteiger partial charge in [0.1, 0.15) is 16.3 Å². The Hall–Kier alpha value is -4.20. The average molecular weight is 871 g/mol. The number of carboxylic acid groups (broad SMARTS) is 1. The van der Waals surface area contributed by atoms with E-state index in [1.54, 1.807) is 54.9 Å². The van der Waals surface area contributed by atoms with Crippen LogP contribution in [0.1, 0.15) is 20.7 Å². The number of methoxy groups -OCH3 is 1. The molecule has 15 heteroatoms. The van der Waals surface area contributed by atoms with Crippen LogP contribution in [0.4, 0.5) is 0 Å². The maximum atomic E-state index is 11.8. The van der Waals surface area contributed by atoms with Crippen molar-refractivity contribution in [3.05, 3.63) is 138 Å². The van der Waals surface area contributed by atoms with Gasteiger partial charge in [-0.05, 0) is 64.0 Å². The summed E-state index contributed by atoms with van der Waals surface area (Å²) in [5.74, 6) is -1.42. The normalized spacial score (nSPS) is 10.7. The number of aromatic carboxylic acids is 1. The van der Waals surface area contributed by atoms with Crippen LogP contribution < -0.4 is 0 Å². The van der Waals surface area contributed by atoms with Crippen molar-refractivity contribution in [3.63, 3.8) is 0 Å². The van der Waals surface area contributed by atoms with Gasteiger partial charge in [-0.1, -0.05) is 76.7 Å². The van der Waals surface area contributed by atoms with Crippen molar-refractivity contribution >= 4 is 96.9 Å². The molecule has 0 radical (unpaired) electrons. The van der Waals surface area contributed by atoms with Gasteiger partial charge in [0.2, 0.25) is 0 Å². The summed E-state index contributed by atoms with van der Waals surface area (Å²) in [5, 5.41) is 16.9. The fraction of sp³-hybridized carbons (Fsp3) is 0.0270. The Labute approximate surface area is 333 Å². The molecule has 7 aromatic rings. The van der Waals surface area contributed by atoms with E-state index in [0.29, 0.717) is 51.8 Å². The second kappa shape index (κ2) is 16.6. The molecule has 0 spiro atoms. The van der Waals surface area contributed by atoms with Crippen molar-refractivity contribution in [2.45, 2.75) is 0 Å². The van der Waals surface area contributed by atoms with E-state index in [1.807, 2.05) is 41.1 Å². The highest BCUT2D eigenvalue weighted by Crippen LogP contribution is 2.36. The first-order chi connectivity index (χ1) is 25.0. The summed E-state index contributed by atoms with van der Waals surface area (Å²) in [7, 11) is 1.35. The van der Waals surface area contributed by atoms with Crippen LogP contribution >= 0.6 is 85.0 Å². The largest absolute Gasteiger partial charge is 0.478 e. The first-order valence-electron chi connectivity index (χ1n) is 14.9. The van der Waals surface area contributed by atoms with E-state index in [1.165, 1.54) is 36.1 Å². The first kappa shape index (κ1) is 37.6. The molecule has 7 rings (SSSR count). The van der Waals surface area contributed by atoms with Crippen LogP contribution in [-0.4, -0.2) is 44.1 Å². The Kier molecular flexibility index (Phi) is 12.0. The molecule has 0 aliphatic heterocycles. The Morgan fingerprint density at radius 1 is 0.654 bits per heavy atom. The Morgan fingerprint density at radius 3 is 1.65 bits per heavy atom. The number of rotatable bonds is 7. The van der Waals surface area contributed by atoms with E-state index in [4.69, 9.17) is 51.1 Å². The topological polar surface area (TPSA) is 115 Å². The summed E-state index contributed by atoms with van der Waals surface area (Å²) >= 11 is 30.3. The molecule has 0 atom stereocenters. The minimum absolute atomic E-state index is 0.165. The second-order valence-corrected chi connectivity index (χ2v) is 14.9. The minimum Gasteiger partial charge on any atom is -0.478 e. The van der Waals surface area contributed by atoms with Crippen LogP contribution in [0.3, 0.4) is 0 Å². The third-order valence-electron chi connectivity index (χ3n) is 7.43. The van der Waals surface area contributed by atoms with Gasteiger partial charge in [0.25, 0.3) is 0 Å². The third kappa shape index (κ3) is 8.53. The number of ether oxygens (including phenoxy) is 1. The Balaban J connectivity index is 0.000000181. The lowest BCUT2D eigenvalue weighted by atomic mass is 9.99. The van der Waals surface area contributed by atoms with Crippen LogP contribution in [0.15, 0.2) is 107 Å². The number of halogens is 5. The van der Waals surface area contributed by atoms with E-state index in [0.717, 1.165) is 33.1 Å². The molecule has 1 N–H and O–H groups in total. The van der Waals surface area contributed by atoms with Gasteiger partial charge in [0, 0.05) is 55.4 Å². The molecule has 0 aliphatic rings. The number of carbonyl (C=O) groups excluding carboxylic acids is 1. The summed E-state index contributed by atoms with van der Waals surface area (Å²) in [5.41, 5.74) is 6.65. The van der Waals surface area contributed by atoms with Gasteiger partial charge in [-0.3, -0.25) is 0 Å². The quantitative estimate of drug-likeness (QED) is 0.157. The predicted molar refractivity (Wildman–Crippen MR) is 213 cm³/mol. The minimum atomic E-state index is -1.03. The zero-order valence-electron chi connectivity index (χ0n) is 26.5. The first-order valence-corrected chi connectivity index (χ1v) is 18.9. The van der Waals surface area contributed by atoms with Crippen molar-refractivity contribution < 1.29 is 19.4 Å². The summed E-state index contributed by atoms with van der Waals surface area (Å²) in [6, 6.07) is 21.4. The molecular formula is C37H21BrCl4N4O4S2. The van der Waals surface area contributed by atoms with E-state index >= 15 is 0 Å². The average Bonchev–Trinajstić information content (AvgIpc) is 3.86. The van der Waals surface area contributed by atoms with Crippen LogP contribution in [0.2, 0.25) is 20.1 Å². The van der Waals surface area contributed by atoms with Crippen LogP contribution in [0, 0.1) is 0 Å². The van der Waals surface area contributed by atoms with Crippen molar-refractivity contribution in [2.75, 3.05) is 7.11 Å². The lowest BCUT2D eigenvalue weighted by molar-refractivity contribution is 0.0598. The van der Waals surface area contributed by atoms with Crippen LogP contribution in [0.25, 0.3) is 54.8 Å². The molecule has 260 valence electrons. The highest BCUT2D eigenvalue weighted by molar-refractivity contribution is 9.10. The van der Waals surface area contributed by atoms with E-state index in [-0.39, 0.29) is 5.56 Å². The number of benzene rings is 4. The predicted octanol–water partition coefficient (Wildman–Crippen LogP) is 12.3. The van der Waals surface area contributed by atoms with Gasteiger partial charge >= 0.3 is 11.9 Å². The fourth-order valence-electron chi connectivity index (χ4n) is 4.86. The van der Waals surface area contributed by atoms with Gasteiger partial charge in [-0.25, -0.2) is 29.5 Å². The maximum Gasteiger partial charge on any atom is 0.339 e. The number of esters is 1. The maximum absolute atomic E-state index is 11.8. The number of carboxylic acids is 1. The summed E-state index contributed by atoms with van der Waals surface area (Å²) in [6.45, 7) is 0. The van der Waals surface area contributed by atoms with Crippen LogP contribution in [0.5, 0.6) is 0 Å². The van der Waals surface area contributed by atoms with Gasteiger partial charge in [0.05, 0.1) is 49.7 Å². The highest BCUT2D eigenvalue weighted by Gasteiger charge is 2.17. The summed E-state index contributed by atoms with van der Waals surface area (Å²) in [6.07, 6.45) is 4.57. The number of hydrogen-bond acceptors (Lipinski definition) is 9. The monoisotopic (exact) mass is 868 g/mol. The molecule has 0 unspecified atom stereocenters. The molecule has 0 saturated carbocycles. The third-order valence-corrected chi connectivity index (χ3v) is 11.4. The molecule has 3 aromatic heterocycles. The molecule has 0 amide bonds. The van der Waals surface area contributed by atoms with Gasteiger partial charge in [-0.15, -0.1) is 22.7 Å². The van der Waals surface area contributed by atoms with Gasteiger partial charge in [-0.2, -0.15) is 0 Å². The SMILES string of the molecule is COC(=O)c1cc(-c2nc(-c3ccc(Cl)c(Cl)c3)cs2)ccc1Br.O=C(O)c1cc(-c2nc(-c3ccc(Cl)c(Cl)c3)cs2)ccc1-c1cncnc1. The standard InChI is InChI=1S/C20H11Cl2N3O2S.C17H10BrCl2NO2S/c21-16-4-2-11(6-17(16)22)18-9-28-19(25-18)12-1-3-14(15(5-12)20(26)27)13-7-23-10-24-8-13;1-23-17(22)11-6-10(2-4-12(11)18)16-21-15(8-24-16)9-3-5-13(19)14(20)7-9/h1-10H,(H,26,27);2-8H,1H3. The Bertz CT molecular complexity index is 2440. The van der Waals surface area contributed by atoms with E-state index in [9.17, 15) is 14.7 Å². The van der Waals surface area contributed by atoms with Gasteiger partial charge in [0.15, 0.2) is 0 Å². The number of nitrogens with zero attached hydrogens (tertiary/aromatic N) is 4. The molecular weight excluding hydrogens is 850 g/mol. The molecule has 0 aliphatic carbocycles. The zero-order chi connectivity index (χ0) is 36.9. The van der Waals surface area contributed by atoms with E-state index in [2.05, 4.69) is 35.9 Å². The molecule has 0 bridgehead atoms. The summed E-state index contributed by atoms with van der Waals surface area (Å²) in [4.78, 5) is 40.8. The smallest absolute Gasteiger partial charge is 0.339 e. The fourth-order valence-corrected chi connectivity index (χ4v) is 7.51. The summed E-state index contributed by atoms with van der Waals surface area (Å²) < 4.78 is 5.47. The van der Waals surface area contributed by atoms with Crippen LogP contribution in [-0.2, 0) is 4.74 Å². The number of carbonyl (C=O) groups is 2. The molecule has 0 saturated heterocycles. The van der Waals surface area contributed by atoms with Gasteiger partial charge < -0.3 is 9.84 Å². The lowest BCUT2D eigenvalue weighted by Gasteiger charge is -2.07. The molecule has 0 fully saturated rings. The second-order valence-electron chi connectivity index (χ2n) is 10.7. The number of hydrogen-bond donors (Lipinski definition) is 1. The molecule has 4 aromatic carbocycles. The molecule has 52 heavy (non-hydrogen) atoms. The molecule has 8 nitrogen and oxygen atoms in total. The zero-order valence-corrected chi connectivity index (χ0v) is 32.7. The van der Waals surface area contributed by atoms with E-state index < -0.39 is 11.9 Å². The number of aromatic nitrogens is 4. The van der Waals surface area contributed by atoms with Crippen molar-refractivity contribution in [2.24, 2.45) is 0 Å². The van der Waals surface area contributed by atoms with Crippen molar-refractivity contribution in [1.82, 2.24) is 19.9 Å². The van der Waals surface area contributed by atoms with Crippen molar-refractivity contribution in [1.29, 1.82) is 0 Å².